The van der Waals surface area contributed by atoms with Gasteiger partial charge in [-0.05, 0) is 97.8 Å². The van der Waals surface area contributed by atoms with E-state index in [9.17, 15) is 0 Å². The zero-order valence-corrected chi connectivity index (χ0v) is 20.4. The molecule has 0 aliphatic rings. The third kappa shape index (κ3) is 15.1. The van der Waals surface area contributed by atoms with Crippen molar-refractivity contribution >= 4 is 22.5 Å². The number of aryl methyl sites for hydroxylation is 1. The fourth-order valence-electron chi connectivity index (χ4n) is 2.66. The zero-order chi connectivity index (χ0) is 22.6. The van der Waals surface area contributed by atoms with Crippen LogP contribution in [0.5, 0.6) is 0 Å². The molecule has 0 saturated heterocycles. The maximum Gasteiger partial charge on any atom is 0.0456 e. The molecule has 0 aliphatic carbocycles. The number of nitrogens with one attached hydrogen (secondary N) is 3. The van der Waals surface area contributed by atoms with Gasteiger partial charge in [0, 0.05) is 22.1 Å². The van der Waals surface area contributed by atoms with Gasteiger partial charge in [-0.15, -0.1) is 6.58 Å². The van der Waals surface area contributed by atoms with Gasteiger partial charge < -0.3 is 15.6 Å². The van der Waals surface area contributed by atoms with E-state index in [1.54, 1.807) is 0 Å². The Morgan fingerprint density at radius 1 is 1.10 bits per heavy atom. The average Bonchev–Trinajstić information content (AvgIpc) is 3.12. The summed E-state index contributed by atoms with van der Waals surface area (Å²) in [5, 5.41) is 8.69. The van der Waals surface area contributed by atoms with Gasteiger partial charge in [-0.1, -0.05) is 47.5 Å². The van der Waals surface area contributed by atoms with Crippen LogP contribution in [-0.2, 0) is 0 Å². The minimum atomic E-state index is 0.794. The van der Waals surface area contributed by atoms with Crippen molar-refractivity contribution in [3.8, 4) is 0 Å². The maximum absolute atomic E-state index is 5.54. The van der Waals surface area contributed by atoms with Crippen molar-refractivity contribution in [2.24, 2.45) is 0 Å². The third-order valence-corrected chi connectivity index (χ3v) is 4.73. The second-order valence-electron chi connectivity index (χ2n) is 7.31. The molecular formula is C26H42ClN3. The normalized spacial score (nSPS) is 11.1. The number of para-hydroxylation sites is 1. The summed E-state index contributed by atoms with van der Waals surface area (Å²) >= 11 is 5.54. The monoisotopic (exact) mass is 431 g/mol. The molecule has 0 aliphatic heterocycles. The van der Waals surface area contributed by atoms with Crippen molar-refractivity contribution in [3.05, 3.63) is 71.4 Å². The Labute approximate surface area is 189 Å². The Morgan fingerprint density at radius 3 is 2.33 bits per heavy atom. The maximum atomic E-state index is 5.54. The van der Waals surface area contributed by atoms with Crippen LogP contribution in [0.15, 0.2) is 65.9 Å². The second kappa shape index (κ2) is 19.2. The highest BCUT2D eigenvalue weighted by atomic mass is 35.5. The van der Waals surface area contributed by atoms with E-state index in [-0.39, 0.29) is 0 Å². The number of hydrogen-bond acceptors (Lipinski definition) is 2. The summed E-state index contributed by atoms with van der Waals surface area (Å²) in [4.78, 5) is 3.19. The van der Waals surface area contributed by atoms with Gasteiger partial charge in [-0.3, -0.25) is 0 Å². The summed E-state index contributed by atoms with van der Waals surface area (Å²) in [7, 11) is 2.00. The highest BCUT2D eigenvalue weighted by Gasteiger charge is 1.94. The molecule has 0 fully saturated rings. The smallest absolute Gasteiger partial charge is 0.0456 e. The molecular weight excluding hydrogens is 390 g/mol. The third-order valence-electron chi connectivity index (χ3n) is 4.39. The first kappa shape index (κ1) is 28.2. The molecule has 0 amide bonds. The summed E-state index contributed by atoms with van der Waals surface area (Å²) in [5.74, 6) is 0. The molecule has 1 aromatic carbocycles. The Bertz CT molecular complexity index is 744. The number of unbranched alkanes of at least 4 members (excludes halogenated alkanes) is 1. The van der Waals surface area contributed by atoms with Gasteiger partial charge in [0.15, 0.2) is 0 Å². The number of hydrogen-bond donors (Lipinski definition) is 3. The fraction of sp³-hybridized carbons (Fsp3) is 0.462. The molecule has 1 aromatic heterocycles. The van der Waals surface area contributed by atoms with Crippen molar-refractivity contribution in [1.82, 2.24) is 15.6 Å². The minimum Gasteiger partial charge on any atom is -0.361 e. The number of allylic oxidation sites excluding steroid dienone is 5. The molecule has 0 bridgehead atoms. The van der Waals surface area contributed by atoms with Crippen LogP contribution >= 0.6 is 11.6 Å². The van der Waals surface area contributed by atoms with E-state index < -0.39 is 0 Å². The van der Waals surface area contributed by atoms with Gasteiger partial charge >= 0.3 is 0 Å². The molecule has 3 N–H and O–H groups in total. The summed E-state index contributed by atoms with van der Waals surface area (Å²) in [6.07, 6.45) is 12.6. The van der Waals surface area contributed by atoms with Gasteiger partial charge in [-0.2, -0.15) is 0 Å². The van der Waals surface area contributed by atoms with Crippen LogP contribution in [-0.4, -0.2) is 31.7 Å². The van der Waals surface area contributed by atoms with Crippen LogP contribution in [0.3, 0.4) is 0 Å². The predicted octanol–water partition coefficient (Wildman–Crippen LogP) is 7.11. The van der Waals surface area contributed by atoms with Crippen LogP contribution in [0, 0.1) is 6.92 Å². The first-order valence-corrected chi connectivity index (χ1v) is 11.3. The van der Waals surface area contributed by atoms with E-state index in [2.05, 4.69) is 54.2 Å². The molecule has 1 heterocycles. The highest BCUT2D eigenvalue weighted by molar-refractivity contribution is 6.31. The Kier molecular flexibility index (Phi) is 18.0. The lowest BCUT2D eigenvalue weighted by atomic mass is 10.2. The minimum absolute atomic E-state index is 0.794. The van der Waals surface area contributed by atoms with Crippen LogP contribution in [0.1, 0.15) is 52.0 Å². The van der Waals surface area contributed by atoms with E-state index >= 15 is 0 Å². The largest absolute Gasteiger partial charge is 0.361 e. The number of benzene rings is 1. The molecule has 0 spiro atoms. The lowest BCUT2D eigenvalue weighted by Crippen LogP contribution is -2.18. The van der Waals surface area contributed by atoms with E-state index in [1.807, 2.05) is 51.4 Å². The van der Waals surface area contributed by atoms with E-state index in [4.69, 9.17) is 11.6 Å². The SMILES string of the molecule is C/C=C\C(Cl)=C/C.C=C(C)CCCNCCCCNC.Cc1c[nH]c2ccccc12. The zero-order valence-electron chi connectivity index (χ0n) is 19.7. The summed E-state index contributed by atoms with van der Waals surface area (Å²) in [6.45, 7) is 15.3. The molecule has 3 nitrogen and oxygen atoms in total. The molecule has 2 aromatic rings. The quantitative estimate of drug-likeness (QED) is 0.213. The van der Waals surface area contributed by atoms with Crippen molar-refractivity contribution < 1.29 is 0 Å². The van der Waals surface area contributed by atoms with Crippen LogP contribution in [0.2, 0.25) is 0 Å². The van der Waals surface area contributed by atoms with E-state index in [0.717, 1.165) is 31.1 Å². The average molecular weight is 432 g/mol. The standard InChI is InChI=1S/C11H24N2.C9H9N.C6H9Cl/c1-11(2)7-6-10-13-9-5-4-8-12-3;1-7-6-10-9-5-3-2-4-8(7)9;1-3-5-6(7)4-2/h12-13H,1,4-10H2,2-3H3;2-6,10H,1H3;3-5H,1-2H3/b;;5-3-,6-4+. The summed E-state index contributed by atoms with van der Waals surface area (Å²) < 4.78 is 0. The van der Waals surface area contributed by atoms with Crippen molar-refractivity contribution in [2.75, 3.05) is 26.7 Å². The van der Waals surface area contributed by atoms with Gasteiger partial charge in [0.25, 0.3) is 0 Å². The number of rotatable bonds is 10. The van der Waals surface area contributed by atoms with Crippen molar-refractivity contribution in [3.63, 3.8) is 0 Å². The number of aromatic amines is 1. The Hall–Kier alpha value is -1.81. The molecule has 0 unspecified atom stereocenters. The lowest BCUT2D eigenvalue weighted by Gasteiger charge is -2.04. The van der Waals surface area contributed by atoms with Gasteiger partial charge in [0.1, 0.15) is 0 Å². The van der Waals surface area contributed by atoms with Crippen LogP contribution in [0.25, 0.3) is 10.9 Å². The predicted molar refractivity (Wildman–Crippen MR) is 138 cm³/mol. The van der Waals surface area contributed by atoms with E-state index in [0.29, 0.717) is 0 Å². The number of aromatic nitrogens is 1. The molecule has 4 heteroatoms. The molecule has 2 rings (SSSR count). The number of fused-ring (bicyclic) bond motifs is 1. The molecule has 168 valence electrons. The topological polar surface area (TPSA) is 39.8 Å². The number of halogens is 1. The lowest BCUT2D eigenvalue weighted by molar-refractivity contribution is 0.591. The Morgan fingerprint density at radius 2 is 1.77 bits per heavy atom. The first-order valence-electron chi connectivity index (χ1n) is 10.9. The first-order chi connectivity index (χ1) is 14.5. The van der Waals surface area contributed by atoms with Crippen molar-refractivity contribution in [1.29, 1.82) is 0 Å². The van der Waals surface area contributed by atoms with E-state index in [1.165, 1.54) is 41.3 Å². The second-order valence-corrected chi connectivity index (χ2v) is 7.75. The Balaban J connectivity index is 0.000000440. The molecule has 0 atom stereocenters. The van der Waals surface area contributed by atoms with Gasteiger partial charge in [0.2, 0.25) is 0 Å². The van der Waals surface area contributed by atoms with Crippen LogP contribution < -0.4 is 10.6 Å². The van der Waals surface area contributed by atoms with Gasteiger partial charge in [-0.25, -0.2) is 0 Å². The molecule has 0 saturated carbocycles. The highest BCUT2D eigenvalue weighted by Crippen LogP contribution is 2.15. The number of H-pyrrole nitrogens is 1. The summed E-state index contributed by atoms with van der Waals surface area (Å²) in [6, 6.07) is 8.31. The molecule has 30 heavy (non-hydrogen) atoms. The van der Waals surface area contributed by atoms with Gasteiger partial charge in [0.05, 0.1) is 0 Å². The summed E-state index contributed by atoms with van der Waals surface area (Å²) in [5.41, 5.74) is 3.83. The fourth-order valence-corrected chi connectivity index (χ4v) is 2.79. The van der Waals surface area contributed by atoms with Crippen LogP contribution in [0.4, 0.5) is 0 Å². The van der Waals surface area contributed by atoms with Crippen molar-refractivity contribution in [2.45, 2.75) is 53.4 Å². The molecule has 0 radical (unpaired) electrons.